The Balaban J connectivity index is 0.00000182. The van der Waals surface area contributed by atoms with Gasteiger partial charge in [0.15, 0.2) is 5.58 Å². The molecule has 0 unspecified atom stereocenters. The van der Waals surface area contributed by atoms with Crippen LogP contribution < -0.4 is 0 Å². The lowest BCUT2D eigenvalue weighted by atomic mass is 9.91. The number of hydrogen-bond donors (Lipinski definition) is 0. The smallest absolute Gasteiger partial charge is 0.167 e. The average Bonchev–Trinajstić information content (AvgIpc) is 3.07. The van der Waals surface area contributed by atoms with Crippen molar-refractivity contribution in [1.82, 2.24) is 15.0 Å². The predicted octanol–water partition coefficient (Wildman–Crippen LogP) is 4.31. The van der Waals surface area contributed by atoms with E-state index in [0.717, 1.165) is 5.58 Å². The van der Waals surface area contributed by atoms with Gasteiger partial charge in [0.2, 0.25) is 0 Å². The van der Waals surface area contributed by atoms with E-state index in [-0.39, 0.29) is 12.4 Å². The summed E-state index contributed by atoms with van der Waals surface area (Å²) in [6.07, 6.45) is 7.97. The number of piperidine rings is 2. The Morgan fingerprint density at radius 2 is 1.60 bits per heavy atom. The van der Waals surface area contributed by atoms with Crippen LogP contribution in [0.1, 0.15) is 50.1 Å². The Labute approximate surface area is 156 Å². The van der Waals surface area contributed by atoms with Crippen molar-refractivity contribution in [3.63, 3.8) is 0 Å². The lowest BCUT2D eigenvalue weighted by Gasteiger charge is -2.32. The summed E-state index contributed by atoms with van der Waals surface area (Å²) < 4.78 is 5.49. The van der Waals surface area contributed by atoms with Crippen LogP contribution in [0.15, 0.2) is 28.8 Å². The molecule has 0 bridgehead atoms. The number of fused-ring (bicyclic) bond motifs is 1. The molecule has 2 aliphatic heterocycles. The van der Waals surface area contributed by atoms with Crippen molar-refractivity contribution in [3.8, 4) is 0 Å². The number of benzene rings is 1. The van der Waals surface area contributed by atoms with Crippen molar-refractivity contribution in [2.75, 3.05) is 39.3 Å². The molecule has 2 fully saturated rings. The van der Waals surface area contributed by atoms with E-state index in [9.17, 15) is 0 Å². The molecular formula is C20H30ClN3O. The second-order valence-corrected chi connectivity index (χ2v) is 7.44. The maximum absolute atomic E-state index is 5.49. The van der Waals surface area contributed by atoms with E-state index >= 15 is 0 Å². The third kappa shape index (κ3) is 4.55. The molecule has 138 valence electrons. The molecule has 4 rings (SSSR count). The highest BCUT2D eigenvalue weighted by molar-refractivity contribution is 5.85. The first kappa shape index (κ1) is 18.7. The minimum Gasteiger partial charge on any atom is -0.356 e. The molecule has 25 heavy (non-hydrogen) atoms. The molecular weight excluding hydrogens is 334 g/mol. The molecule has 0 N–H and O–H groups in total. The molecule has 0 amide bonds. The van der Waals surface area contributed by atoms with E-state index in [0.29, 0.717) is 5.92 Å². The fourth-order valence-electron chi connectivity index (χ4n) is 4.33. The first-order chi connectivity index (χ1) is 11.9. The summed E-state index contributed by atoms with van der Waals surface area (Å²) in [6.45, 7) is 7.58. The SMILES string of the molecule is Cl.c1ccc2c(C3CCN(CCCN4CCCCC4)CC3)noc2c1. The van der Waals surface area contributed by atoms with Crippen molar-refractivity contribution in [2.45, 2.75) is 44.4 Å². The second-order valence-electron chi connectivity index (χ2n) is 7.44. The van der Waals surface area contributed by atoms with Crippen molar-refractivity contribution < 1.29 is 4.52 Å². The largest absolute Gasteiger partial charge is 0.356 e. The van der Waals surface area contributed by atoms with Gasteiger partial charge in [-0.15, -0.1) is 12.4 Å². The zero-order chi connectivity index (χ0) is 16.2. The van der Waals surface area contributed by atoms with Crippen LogP contribution in [0.3, 0.4) is 0 Å². The molecule has 0 atom stereocenters. The molecule has 0 aliphatic carbocycles. The fraction of sp³-hybridized carbons (Fsp3) is 0.650. The Hall–Kier alpha value is -1.10. The van der Waals surface area contributed by atoms with E-state index in [1.807, 2.05) is 12.1 Å². The van der Waals surface area contributed by atoms with Crippen LogP contribution in [0.2, 0.25) is 0 Å². The van der Waals surface area contributed by atoms with Gasteiger partial charge in [-0.3, -0.25) is 0 Å². The van der Waals surface area contributed by atoms with Crippen molar-refractivity contribution >= 4 is 23.4 Å². The van der Waals surface area contributed by atoms with E-state index < -0.39 is 0 Å². The van der Waals surface area contributed by atoms with Crippen molar-refractivity contribution in [2.24, 2.45) is 0 Å². The zero-order valence-corrected chi connectivity index (χ0v) is 15.8. The summed E-state index contributed by atoms with van der Waals surface area (Å²) in [5.74, 6) is 0.562. The van der Waals surface area contributed by atoms with Crippen LogP contribution in [-0.4, -0.2) is 54.2 Å². The van der Waals surface area contributed by atoms with E-state index in [1.165, 1.54) is 88.9 Å². The minimum atomic E-state index is 0. The first-order valence-corrected chi connectivity index (χ1v) is 9.69. The van der Waals surface area contributed by atoms with Crippen LogP contribution in [0, 0.1) is 0 Å². The van der Waals surface area contributed by atoms with Crippen molar-refractivity contribution in [3.05, 3.63) is 30.0 Å². The summed E-state index contributed by atoms with van der Waals surface area (Å²) in [6, 6.07) is 8.26. The Morgan fingerprint density at radius 1 is 0.920 bits per heavy atom. The zero-order valence-electron chi connectivity index (χ0n) is 15.0. The second kappa shape index (κ2) is 9.02. The molecule has 1 aromatic heterocycles. The summed E-state index contributed by atoms with van der Waals surface area (Å²) in [5.41, 5.74) is 2.11. The van der Waals surface area contributed by atoms with E-state index in [4.69, 9.17) is 4.52 Å². The maximum Gasteiger partial charge on any atom is 0.167 e. The lowest BCUT2D eigenvalue weighted by molar-refractivity contribution is 0.179. The minimum absolute atomic E-state index is 0. The molecule has 5 heteroatoms. The molecule has 0 saturated carbocycles. The lowest BCUT2D eigenvalue weighted by Crippen LogP contribution is -2.36. The summed E-state index contributed by atoms with van der Waals surface area (Å²) in [5, 5.41) is 5.58. The standard InChI is InChI=1S/C20H29N3O.ClH/c1-4-11-22(12-5-1)13-6-14-23-15-9-17(10-16-23)20-18-7-2-3-8-19(18)24-21-20;/h2-3,7-8,17H,1,4-6,9-16H2;1H. The van der Waals surface area contributed by atoms with Gasteiger partial charge in [-0.2, -0.15) is 0 Å². The Kier molecular flexibility index (Phi) is 6.74. The number of likely N-dealkylation sites (tertiary alicyclic amines) is 2. The van der Waals surface area contributed by atoms with Crippen LogP contribution in [-0.2, 0) is 0 Å². The first-order valence-electron chi connectivity index (χ1n) is 9.69. The maximum atomic E-state index is 5.49. The van der Waals surface area contributed by atoms with Gasteiger partial charge in [-0.25, -0.2) is 0 Å². The number of nitrogens with zero attached hydrogens (tertiary/aromatic N) is 3. The van der Waals surface area contributed by atoms with Crippen LogP contribution in [0.25, 0.3) is 11.0 Å². The molecule has 0 radical (unpaired) electrons. The summed E-state index contributed by atoms with van der Waals surface area (Å²) >= 11 is 0. The number of hydrogen-bond acceptors (Lipinski definition) is 4. The normalized spacial score (nSPS) is 20.6. The van der Waals surface area contributed by atoms with Crippen LogP contribution in [0.4, 0.5) is 0 Å². The Bertz CT molecular complexity index is 645. The third-order valence-electron chi connectivity index (χ3n) is 5.78. The highest BCUT2D eigenvalue weighted by Crippen LogP contribution is 2.32. The highest BCUT2D eigenvalue weighted by Gasteiger charge is 2.24. The number of aromatic nitrogens is 1. The molecule has 1 aromatic carbocycles. The molecule has 2 saturated heterocycles. The van der Waals surface area contributed by atoms with Gasteiger partial charge >= 0.3 is 0 Å². The average molecular weight is 364 g/mol. The molecule has 2 aliphatic rings. The van der Waals surface area contributed by atoms with Gasteiger partial charge in [0.05, 0.1) is 5.69 Å². The van der Waals surface area contributed by atoms with E-state index in [1.54, 1.807) is 0 Å². The number of para-hydroxylation sites is 1. The van der Waals surface area contributed by atoms with Crippen LogP contribution in [0.5, 0.6) is 0 Å². The van der Waals surface area contributed by atoms with Gasteiger partial charge in [0, 0.05) is 11.3 Å². The number of halogens is 1. The van der Waals surface area contributed by atoms with Crippen LogP contribution >= 0.6 is 12.4 Å². The topological polar surface area (TPSA) is 32.5 Å². The number of rotatable bonds is 5. The van der Waals surface area contributed by atoms with Gasteiger partial charge in [0.25, 0.3) is 0 Å². The summed E-state index contributed by atoms with van der Waals surface area (Å²) in [4.78, 5) is 5.29. The predicted molar refractivity (Wildman–Crippen MR) is 105 cm³/mol. The molecule has 2 aromatic rings. The van der Waals surface area contributed by atoms with Gasteiger partial charge in [0.1, 0.15) is 0 Å². The quantitative estimate of drug-likeness (QED) is 0.792. The van der Waals surface area contributed by atoms with Gasteiger partial charge in [-0.05, 0) is 83.5 Å². The molecule has 3 heterocycles. The van der Waals surface area contributed by atoms with Crippen molar-refractivity contribution in [1.29, 1.82) is 0 Å². The highest BCUT2D eigenvalue weighted by atomic mass is 35.5. The molecule has 4 nitrogen and oxygen atoms in total. The van der Waals surface area contributed by atoms with E-state index in [2.05, 4.69) is 27.1 Å². The third-order valence-corrected chi connectivity index (χ3v) is 5.78. The fourth-order valence-corrected chi connectivity index (χ4v) is 4.33. The van der Waals surface area contributed by atoms with Gasteiger partial charge in [-0.1, -0.05) is 23.7 Å². The van der Waals surface area contributed by atoms with Gasteiger partial charge < -0.3 is 14.3 Å². The summed E-state index contributed by atoms with van der Waals surface area (Å²) in [7, 11) is 0. The molecule has 0 spiro atoms. The monoisotopic (exact) mass is 363 g/mol. The Morgan fingerprint density at radius 3 is 2.36 bits per heavy atom.